The van der Waals surface area contributed by atoms with Gasteiger partial charge in [-0.2, -0.15) is 0 Å². The van der Waals surface area contributed by atoms with Crippen molar-refractivity contribution in [2.75, 3.05) is 12.8 Å². The molecule has 5 heteroatoms. The van der Waals surface area contributed by atoms with E-state index in [1.165, 1.54) is 0 Å². The van der Waals surface area contributed by atoms with Crippen LogP contribution in [0.4, 0.5) is 5.82 Å². The lowest BCUT2D eigenvalue weighted by molar-refractivity contribution is 0.415. The maximum Gasteiger partial charge on any atom is 0.154 e. The molecule has 0 aliphatic carbocycles. The summed E-state index contributed by atoms with van der Waals surface area (Å²) in [5.74, 6) is 1.03. The van der Waals surface area contributed by atoms with Crippen molar-refractivity contribution in [2.24, 2.45) is 0 Å². The van der Waals surface area contributed by atoms with Gasteiger partial charge in [0.2, 0.25) is 0 Å². The third-order valence-electron chi connectivity index (χ3n) is 3.14. The highest BCUT2D eigenvalue weighted by Crippen LogP contribution is 2.33. The lowest BCUT2D eigenvalue weighted by atomic mass is 10.0. The van der Waals surface area contributed by atoms with Crippen molar-refractivity contribution >= 4 is 28.2 Å². The zero-order valence-corrected chi connectivity index (χ0v) is 11.6. The fraction of sp³-hybridized carbons (Fsp3) is 0.0667. The summed E-state index contributed by atoms with van der Waals surface area (Å²) in [5.41, 5.74) is 7.50. The molecule has 0 saturated heterocycles. The lowest BCUT2D eigenvalue weighted by Gasteiger charge is -2.09. The average Bonchev–Trinajstić information content (AvgIpc) is 2.49. The number of nitrogens with two attached hydrogens (primary N) is 1. The van der Waals surface area contributed by atoms with Crippen molar-refractivity contribution in [2.45, 2.75) is 0 Å². The summed E-state index contributed by atoms with van der Waals surface area (Å²) in [4.78, 5) is 0. The molecule has 0 fully saturated rings. The molecule has 0 bridgehead atoms. The number of hydrogen-bond acceptors (Lipinski definition) is 4. The predicted octanol–water partition coefficient (Wildman–Crippen LogP) is 3.54. The van der Waals surface area contributed by atoms with Crippen molar-refractivity contribution in [3.63, 3.8) is 0 Å². The second kappa shape index (κ2) is 4.98. The number of nitrogens with zero attached hydrogens (tertiary/aromatic N) is 2. The van der Waals surface area contributed by atoms with Gasteiger partial charge in [0.05, 0.1) is 12.1 Å². The van der Waals surface area contributed by atoms with Gasteiger partial charge in [-0.15, -0.1) is 10.2 Å². The van der Waals surface area contributed by atoms with E-state index >= 15 is 0 Å². The highest BCUT2D eigenvalue weighted by atomic mass is 35.5. The Hall–Kier alpha value is -2.33. The summed E-state index contributed by atoms with van der Waals surface area (Å²) in [5, 5.41) is 10.6. The maximum atomic E-state index is 6.05. The summed E-state index contributed by atoms with van der Waals surface area (Å²) in [6.45, 7) is 0. The molecule has 4 nitrogen and oxygen atoms in total. The van der Waals surface area contributed by atoms with Crippen molar-refractivity contribution in [3.05, 3.63) is 47.5 Å². The first-order chi connectivity index (χ1) is 9.70. The number of fused-ring (bicyclic) bond motifs is 1. The van der Waals surface area contributed by atoms with E-state index in [-0.39, 0.29) is 0 Å². The number of benzene rings is 2. The fourth-order valence-corrected chi connectivity index (χ4v) is 2.34. The van der Waals surface area contributed by atoms with Crippen molar-refractivity contribution in [1.82, 2.24) is 10.2 Å². The summed E-state index contributed by atoms with van der Waals surface area (Å²) in [6, 6.07) is 13.3. The van der Waals surface area contributed by atoms with Gasteiger partial charge in [0.25, 0.3) is 0 Å². The zero-order valence-electron chi connectivity index (χ0n) is 10.8. The van der Waals surface area contributed by atoms with E-state index in [9.17, 15) is 0 Å². The van der Waals surface area contributed by atoms with Gasteiger partial charge in [-0.05, 0) is 12.1 Å². The molecule has 3 rings (SSSR count). The Labute approximate surface area is 121 Å². The molecule has 0 aliphatic rings. The molecule has 1 aromatic heterocycles. The molecule has 1 heterocycles. The van der Waals surface area contributed by atoms with Gasteiger partial charge in [0, 0.05) is 16.3 Å². The highest BCUT2D eigenvalue weighted by molar-refractivity contribution is 6.32. The minimum atomic E-state index is 0.422. The summed E-state index contributed by atoms with van der Waals surface area (Å²) >= 11 is 6.05. The smallest absolute Gasteiger partial charge is 0.154 e. The van der Waals surface area contributed by atoms with Gasteiger partial charge < -0.3 is 10.5 Å². The number of halogens is 1. The Balaban J connectivity index is 2.27. The van der Waals surface area contributed by atoms with E-state index in [1.54, 1.807) is 13.2 Å². The molecule has 2 aromatic carbocycles. The van der Waals surface area contributed by atoms with Gasteiger partial charge in [-0.25, -0.2) is 0 Å². The molecule has 20 heavy (non-hydrogen) atoms. The Morgan fingerprint density at radius 3 is 2.55 bits per heavy atom. The largest absolute Gasteiger partial charge is 0.495 e. The predicted molar refractivity (Wildman–Crippen MR) is 80.9 cm³/mol. The van der Waals surface area contributed by atoms with Crippen LogP contribution < -0.4 is 10.5 Å². The molecule has 0 aliphatic heterocycles. The van der Waals surface area contributed by atoms with Crippen LogP contribution in [0.3, 0.4) is 0 Å². The normalized spacial score (nSPS) is 10.7. The standard InChI is InChI=1S/C15H12ClN3O/c1-20-13-8-9(6-7-12(13)16)14-10-4-2-3-5-11(10)15(17)19-18-14/h2-8H,1H3,(H2,17,19). The number of anilines is 1. The summed E-state index contributed by atoms with van der Waals surface area (Å²) < 4.78 is 5.24. The monoisotopic (exact) mass is 285 g/mol. The Bertz CT molecular complexity index is 789. The molecular weight excluding hydrogens is 274 g/mol. The lowest BCUT2D eigenvalue weighted by Crippen LogP contribution is -1.97. The summed E-state index contributed by atoms with van der Waals surface area (Å²) in [7, 11) is 1.58. The number of ether oxygens (including phenoxy) is 1. The van der Waals surface area contributed by atoms with E-state index in [4.69, 9.17) is 22.1 Å². The number of hydrogen-bond donors (Lipinski definition) is 1. The Kier molecular flexibility index (Phi) is 3.16. The molecule has 0 saturated carbocycles. The highest BCUT2D eigenvalue weighted by Gasteiger charge is 2.11. The number of nitrogen functional groups attached to an aromatic ring is 1. The van der Waals surface area contributed by atoms with Crippen LogP contribution in [-0.4, -0.2) is 17.3 Å². The van der Waals surface area contributed by atoms with Crippen LogP contribution in [0.1, 0.15) is 0 Å². The van der Waals surface area contributed by atoms with E-state index in [2.05, 4.69) is 10.2 Å². The first kappa shape index (κ1) is 12.7. The van der Waals surface area contributed by atoms with Crippen molar-refractivity contribution in [1.29, 1.82) is 0 Å². The van der Waals surface area contributed by atoms with Crippen LogP contribution in [0.2, 0.25) is 5.02 Å². The summed E-state index contributed by atoms with van der Waals surface area (Å²) in [6.07, 6.45) is 0. The first-order valence-corrected chi connectivity index (χ1v) is 6.43. The van der Waals surface area contributed by atoms with Crippen molar-refractivity contribution < 1.29 is 4.74 Å². The number of aromatic nitrogens is 2. The van der Waals surface area contributed by atoms with Gasteiger partial charge >= 0.3 is 0 Å². The topological polar surface area (TPSA) is 61.0 Å². The second-order valence-electron chi connectivity index (χ2n) is 4.33. The molecular formula is C15H12ClN3O. The second-order valence-corrected chi connectivity index (χ2v) is 4.74. The van der Waals surface area contributed by atoms with Crippen LogP contribution in [0.5, 0.6) is 5.75 Å². The SMILES string of the molecule is COc1cc(-c2nnc(N)c3ccccc23)ccc1Cl. The van der Waals surface area contributed by atoms with E-state index in [1.807, 2.05) is 36.4 Å². The molecule has 3 aromatic rings. The van der Waals surface area contributed by atoms with Gasteiger partial charge in [-0.1, -0.05) is 41.9 Å². The van der Waals surface area contributed by atoms with Crippen molar-refractivity contribution in [3.8, 4) is 17.0 Å². The quantitative estimate of drug-likeness (QED) is 0.782. The van der Waals surface area contributed by atoms with Crippen LogP contribution in [0, 0.1) is 0 Å². The third kappa shape index (κ3) is 2.04. The van der Waals surface area contributed by atoms with Gasteiger partial charge in [0.15, 0.2) is 5.82 Å². The number of rotatable bonds is 2. The third-order valence-corrected chi connectivity index (χ3v) is 3.45. The van der Waals surface area contributed by atoms with Crippen LogP contribution in [0.15, 0.2) is 42.5 Å². The maximum absolute atomic E-state index is 6.05. The van der Waals surface area contributed by atoms with E-state index in [0.717, 1.165) is 22.0 Å². The fourth-order valence-electron chi connectivity index (χ4n) is 2.14. The van der Waals surface area contributed by atoms with Crippen LogP contribution in [0.25, 0.3) is 22.0 Å². The van der Waals surface area contributed by atoms with Crippen LogP contribution >= 0.6 is 11.6 Å². The minimum absolute atomic E-state index is 0.422. The molecule has 100 valence electrons. The molecule has 0 spiro atoms. The molecule has 0 radical (unpaired) electrons. The van der Waals surface area contributed by atoms with E-state index < -0.39 is 0 Å². The Morgan fingerprint density at radius 2 is 1.80 bits per heavy atom. The Morgan fingerprint density at radius 1 is 1.05 bits per heavy atom. The molecule has 0 unspecified atom stereocenters. The zero-order chi connectivity index (χ0) is 14.1. The van der Waals surface area contributed by atoms with Gasteiger partial charge in [-0.3, -0.25) is 0 Å². The molecule has 0 amide bonds. The molecule has 0 atom stereocenters. The van der Waals surface area contributed by atoms with E-state index in [0.29, 0.717) is 16.6 Å². The average molecular weight is 286 g/mol. The number of methoxy groups -OCH3 is 1. The minimum Gasteiger partial charge on any atom is -0.495 e. The first-order valence-electron chi connectivity index (χ1n) is 6.05. The molecule has 2 N–H and O–H groups in total. The van der Waals surface area contributed by atoms with Crippen LogP contribution in [-0.2, 0) is 0 Å². The van der Waals surface area contributed by atoms with Gasteiger partial charge in [0.1, 0.15) is 11.4 Å².